The van der Waals surface area contributed by atoms with Crippen LogP contribution >= 0.6 is 11.8 Å². The van der Waals surface area contributed by atoms with E-state index >= 15 is 0 Å². The molecule has 1 fully saturated rings. The van der Waals surface area contributed by atoms with Gasteiger partial charge in [0.05, 0.1) is 4.90 Å². The Morgan fingerprint density at radius 1 is 1.38 bits per heavy atom. The first-order chi connectivity index (χ1) is 6.36. The number of hydrogen-bond acceptors (Lipinski definition) is 3. The maximum atomic E-state index is 9.49. The van der Waals surface area contributed by atoms with Crippen molar-refractivity contribution in [3.63, 3.8) is 0 Å². The Morgan fingerprint density at radius 3 is 2.92 bits per heavy atom. The number of rotatable bonds is 2. The molecule has 0 amide bonds. The maximum Gasteiger partial charge on any atom is 0.129 e. The van der Waals surface area contributed by atoms with Crippen LogP contribution in [-0.4, -0.2) is 17.1 Å². The molecule has 1 saturated heterocycles. The fraction of sp³-hybridized carbons (Fsp3) is 0.400. The standard InChI is InChI=1S/C10H12O2S/c11-8-4-1-2-5-9(8)13-10-6-3-7-12-10/h1-2,4-5,10-11H,3,6-7H2. The Kier molecular flexibility index (Phi) is 2.76. The van der Waals surface area contributed by atoms with Crippen molar-refractivity contribution in [3.8, 4) is 5.75 Å². The molecule has 1 aliphatic rings. The number of phenols is 1. The van der Waals surface area contributed by atoms with Gasteiger partial charge in [0.1, 0.15) is 11.2 Å². The summed E-state index contributed by atoms with van der Waals surface area (Å²) in [4.78, 5) is 0.911. The van der Waals surface area contributed by atoms with Crippen molar-refractivity contribution >= 4 is 11.8 Å². The van der Waals surface area contributed by atoms with Crippen molar-refractivity contribution in [2.45, 2.75) is 23.2 Å². The fourth-order valence-electron chi connectivity index (χ4n) is 1.34. The molecule has 1 aliphatic heterocycles. The number of thioether (sulfide) groups is 1. The van der Waals surface area contributed by atoms with E-state index in [4.69, 9.17) is 4.74 Å². The lowest BCUT2D eigenvalue weighted by molar-refractivity contribution is 0.173. The number of phenolic OH excluding ortho intramolecular Hbond substituents is 1. The molecule has 0 bridgehead atoms. The highest BCUT2D eigenvalue weighted by Gasteiger charge is 2.17. The fourth-order valence-corrected chi connectivity index (χ4v) is 2.42. The Balaban J connectivity index is 2.04. The lowest BCUT2D eigenvalue weighted by Crippen LogP contribution is -1.97. The Bertz CT molecular complexity index is 282. The first-order valence-corrected chi connectivity index (χ1v) is 5.30. The third kappa shape index (κ3) is 2.17. The summed E-state index contributed by atoms with van der Waals surface area (Å²) in [5.41, 5.74) is 0.230. The van der Waals surface area contributed by atoms with E-state index in [1.54, 1.807) is 17.8 Å². The van der Waals surface area contributed by atoms with Gasteiger partial charge in [0.2, 0.25) is 0 Å². The number of aromatic hydroxyl groups is 1. The monoisotopic (exact) mass is 196 g/mol. The number of ether oxygens (including phenoxy) is 1. The van der Waals surface area contributed by atoms with Crippen LogP contribution in [0.15, 0.2) is 29.2 Å². The minimum Gasteiger partial charge on any atom is -0.507 e. The summed E-state index contributed by atoms with van der Waals surface area (Å²) in [6.07, 6.45) is 2.21. The van der Waals surface area contributed by atoms with E-state index in [9.17, 15) is 5.11 Å². The lowest BCUT2D eigenvalue weighted by Gasteiger charge is -2.09. The summed E-state index contributed by atoms with van der Waals surface area (Å²) < 4.78 is 5.46. The Labute approximate surface area is 81.9 Å². The van der Waals surface area contributed by atoms with Crippen molar-refractivity contribution in [2.75, 3.05) is 6.61 Å². The molecule has 0 saturated carbocycles. The van der Waals surface area contributed by atoms with Crippen molar-refractivity contribution < 1.29 is 9.84 Å². The van der Waals surface area contributed by atoms with Gasteiger partial charge in [-0.15, -0.1) is 0 Å². The highest BCUT2D eigenvalue weighted by atomic mass is 32.2. The molecule has 2 nitrogen and oxygen atoms in total. The molecule has 13 heavy (non-hydrogen) atoms. The van der Waals surface area contributed by atoms with Crippen LogP contribution < -0.4 is 0 Å². The predicted octanol–water partition coefficient (Wildman–Crippen LogP) is 2.62. The molecule has 0 aromatic heterocycles. The van der Waals surface area contributed by atoms with E-state index in [2.05, 4.69) is 0 Å². The molecule has 0 radical (unpaired) electrons. The van der Waals surface area contributed by atoms with E-state index in [0.29, 0.717) is 5.75 Å². The normalized spacial score (nSPS) is 22.0. The van der Waals surface area contributed by atoms with Gasteiger partial charge >= 0.3 is 0 Å². The Hall–Kier alpha value is -0.670. The molecule has 1 aromatic rings. The average molecular weight is 196 g/mol. The number of benzene rings is 1. The van der Waals surface area contributed by atoms with Crippen molar-refractivity contribution in [1.29, 1.82) is 0 Å². The van der Waals surface area contributed by atoms with Gasteiger partial charge in [0, 0.05) is 6.61 Å². The zero-order valence-corrected chi connectivity index (χ0v) is 8.09. The molecule has 1 heterocycles. The van der Waals surface area contributed by atoms with Crippen molar-refractivity contribution in [1.82, 2.24) is 0 Å². The quantitative estimate of drug-likeness (QED) is 0.788. The molecule has 2 rings (SSSR count). The van der Waals surface area contributed by atoms with E-state index in [0.717, 1.165) is 24.3 Å². The number of hydrogen-bond donors (Lipinski definition) is 1. The highest BCUT2D eigenvalue weighted by molar-refractivity contribution is 7.99. The number of para-hydroxylation sites is 1. The minimum absolute atomic E-state index is 0.230. The molecule has 1 aromatic carbocycles. The first kappa shape index (κ1) is 8.91. The maximum absolute atomic E-state index is 9.49. The smallest absolute Gasteiger partial charge is 0.129 e. The second-order valence-corrected chi connectivity index (χ2v) is 4.23. The second-order valence-electron chi connectivity index (χ2n) is 3.03. The van der Waals surface area contributed by atoms with Crippen LogP contribution in [0, 0.1) is 0 Å². The van der Waals surface area contributed by atoms with Gasteiger partial charge in [-0.3, -0.25) is 0 Å². The SMILES string of the molecule is Oc1ccccc1SC1CCCO1. The van der Waals surface area contributed by atoms with Crippen molar-refractivity contribution in [2.24, 2.45) is 0 Å². The molecule has 70 valence electrons. The Morgan fingerprint density at radius 2 is 2.23 bits per heavy atom. The topological polar surface area (TPSA) is 29.5 Å². The summed E-state index contributed by atoms with van der Waals surface area (Å²) in [5, 5.41) is 9.49. The van der Waals surface area contributed by atoms with Crippen LogP contribution in [0.25, 0.3) is 0 Å². The predicted molar refractivity (Wildman–Crippen MR) is 52.9 cm³/mol. The van der Waals surface area contributed by atoms with Gasteiger partial charge in [-0.2, -0.15) is 0 Å². The molecular formula is C10H12O2S. The van der Waals surface area contributed by atoms with Gasteiger partial charge in [-0.25, -0.2) is 0 Å². The van der Waals surface area contributed by atoms with E-state index in [1.807, 2.05) is 18.2 Å². The largest absolute Gasteiger partial charge is 0.507 e. The summed E-state index contributed by atoms with van der Waals surface area (Å²) in [6.45, 7) is 0.852. The van der Waals surface area contributed by atoms with Gasteiger partial charge in [-0.1, -0.05) is 23.9 Å². The molecule has 0 aliphatic carbocycles. The zero-order chi connectivity index (χ0) is 9.10. The van der Waals surface area contributed by atoms with E-state index in [-0.39, 0.29) is 5.44 Å². The third-order valence-electron chi connectivity index (χ3n) is 2.01. The van der Waals surface area contributed by atoms with Gasteiger partial charge in [-0.05, 0) is 25.0 Å². The highest BCUT2D eigenvalue weighted by Crippen LogP contribution is 2.35. The minimum atomic E-state index is 0.230. The molecule has 1 N–H and O–H groups in total. The summed E-state index contributed by atoms with van der Waals surface area (Å²) >= 11 is 1.61. The van der Waals surface area contributed by atoms with Gasteiger partial charge in [0.25, 0.3) is 0 Å². The van der Waals surface area contributed by atoms with Crippen molar-refractivity contribution in [3.05, 3.63) is 24.3 Å². The van der Waals surface area contributed by atoms with E-state index < -0.39 is 0 Å². The van der Waals surface area contributed by atoms with Crippen LogP contribution in [0.4, 0.5) is 0 Å². The van der Waals surface area contributed by atoms with Crippen LogP contribution in [0.1, 0.15) is 12.8 Å². The molecule has 3 heteroatoms. The first-order valence-electron chi connectivity index (χ1n) is 4.42. The lowest BCUT2D eigenvalue weighted by atomic mass is 10.3. The van der Waals surface area contributed by atoms with Crippen LogP contribution in [0.2, 0.25) is 0 Å². The van der Waals surface area contributed by atoms with Crippen LogP contribution in [0.5, 0.6) is 5.75 Å². The summed E-state index contributed by atoms with van der Waals surface area (Å²) in [7, 11) is 0. The average Bonchev–Trinajstić information content (AvgIpc) is 2.61. The van der Waals surface area contributed by atoms with E-state index in [1.165, 1.54) is 0 Å². The summed E-state index contributed by atoms with van der Waals surface area (Å²) in [6, 6.07) is 7.38. The molecule has 1 atom stereocenters. The van der Waals surface area contributed by atoms with Gasteiger partial charge in [0.15, 0.2) is 0 Å². The molecule has 1 unspecified atom stereocenters. The van der Waals surface area contributed by atoms with Crippen LogP contribution in [-0.2, 0) is 4.74 Å². The van der Waals surface area contributed by atoms with Crippen LogP contribution in [0.3, 0.4) is 0 Å². The van der Waals surface area contributed by atoms with Gasteiger partial charge < -0.3 is 9.84 Å². The molecule has 0 spiro atoms. The molecular weight excluding hydrogens is 184 g/mol. The summed E-state index contributed by atoms with van der Waals surface area (Å²) in [5.74, 6) is 0.350. The zero-order valence-electron chi connectivity index (χ0n) is 7.27. The third-order valence-corrected chi connectivity index (χ3v) is 3.25. The second kappa shape index (κ2) is 4.03.